The number of nitrogens with one attached hydrogen (secondary N) is 1. The van der Waals surface area contributed by atoms with E-state index in [-0.39, 0.29) is 23.8 Å². The van der Waals surface area contributed by atoms with Gasteiger partial charge in [-0.1, -0.05) is 26.0 Å². The Balaban J connectivity index is 2.54. The molecule has 0 unspecified atom stereocenters. The quantitative estimate of drug-likeness (QED) is 0.190. The molecule has 0 spiro atoms. The fourth-order valence-corrected chi connectivity index (χ4v) is 5.37. The number of carbonyl (C=O) groups is 3. The third kappa shape index (κ3) is 11.1. The number of aldehydes is 1. The summed E-state index contributed by atoms with van der Waals surface area (Å²) in [4.78, 5) is 55.2. The molecule has 1 aliphatic heterocycles. The molecular formula is C28H41N2O10P. The van der Waals surface area contributed by atoms with Crippen molar-refractivity contribution in [1.29, 1.82) is 0 Å². The number of hydrogen-bond acceptors (Lipinski definition) is 8. The molecule has 12 nitrogen and oxygen atoms in total. The molecule has 0 radical (unpaired) electrons. The van der Waals surface area contributed by atoms with Gasteiger partial charge in [0.15, 0.2) is 0 Å². The third-order valence-corrected chi connectivity index (χ3v) is 7.43. The summed E-state index contributed by atoms with van der Waals surface area (Å²) in [5.74, 6) is -1.86. The fourth-order valence-electron chi connectivity index (χ4n) is 4.99. The number of primary amides is 1. The Hall–Kier alpha value is -3.02. The molecule has 13 heteroatoms. The number of benzene rings is 1. The lowest BCUT2D eigenvalue weighted by Crippen LogP contribution is -2.36. The SMILES string of the molecule is CO[C@H]1C[C@H](C)Cc2cc(cc(OP(=O)(O)O)c2)NC(=O)/C(C)=C/CC[C@H](C=O)[C@@H](OC(N)=O)/C(C)=C/[C@H](C)[C@H]1O. The minimum absolute atomic E-state index is 0.0742. The minimum Gasteiger partial charge on any atom is -0.441 e. The van der Waals surface area contributed by atoms with E-state index in [0.29, 0.717) is 42.3 Å². The first-order chi connectivity index (χ1) is 19.1. The van der Waals surface area contributed by atoms with Crippen LogP contribution in [0.4, 0.5) is 10.5 Å². The molecule has 6 N–H and O–H groups in total. The minimum atomic E-state index is -4.86. The zero-order chi connectivity index (χ0) is 30.9. The molecule has 0 saturated heterocycles. The molecule has 228 valence electrons. The lowest BCUT2D eigenvalue weighted by Gasteiger charge is -2.29. The van der Waals surface area contributed by atoms with E-state index in [2.05, 4.69) is 5.32 Å². The zero-order valence-electron chi connectivity index (χ0n) is 24.0. The van der Waals surface area contributed by atoms with Crippen molar-refractivity contribution in [3.05, 3.63) is 47.1 Å². The van der Waals surface area contributed by atoms with Crippen molar-refractivity contribution >= 4 is 31.8 Å². The number of fused-ring (bicyclic) bond motifs is 2. The Morgan fingerprint density at radius 1 is 1.20 bits per heavy atom. The number of amides is 2. The van der Waals surface area contributed by atoms with Gasteiger partial charge >= 0.3 is 13.9 Å². The van der Waals surface area contributed by atoms with Crippen molar-refractivity contribution in [3.8, 4) is 5.75 Å². The van der Waals surface area contributed by atoms with Crippen LogP contribution in [0.5, 0.6) is 5.75 Å². The van der Waals surface area contributed by atoms with Crippen LogP contribution >= 0.6 is 7.82 Å². The summed E-state index contributed by atoms with van der Waals surface area (Å²) >= 11 is 0. The second kappa shape index (κ2) is 15.3. The molecule has 2 amide bonds. The van der Waals surface area contributed by atoms with Gasteiger partial charge in [-0.25, -0.2) is 9.36 Å². The number of aliphatic hydroxyl groups is 1. The van der Waals surface area contributed by atoms with Crippen molar-refractivity contribution in [1.82, 2.24) is 0 Å². The van der Waals surface area contributed by atoms with E-state index in [1.165, 1.54) is 19.2 Å². The Labute approximate surface area is 240 Å². The number of methoxy groups -OCH3 is 1. The van der Waals surface area contributed by atoms with Crippen LogP contribution in [-0.4, -0.2) is 58.6 Å². The normalized spacial score (nSPS) is 29.7. The molecule has 0 saturated carbocycles. The average Bonchev–Trinajstić information content (AvgIpc) is 2.86. The molecule has 0 fully saturated rings. The monoisotopic (exact) mass is 596 g/mol. The van der Waals surface area contributed by atoms with Crippen molar-refractivity contribution < 1.29 is 47.8 Å². The lowest BCUT2D eigenvalue weighted by molar-refractivity contribution is -0.114. The van der Waals surface area contributed by atoms with Gasteiger partial charge in [0.05, 0.1) is 18.1 Å². The molecule has 2 rings (SSSR count). The average molecular weight is 597 g/mol. The number of aliphatic hydroxyl groups excluding tert-OH is 1. The number of phosphoric acid groups is 1. The Morgan fingerprint density at radius 3 is 2.46 bits per heavy atom. The summed E-state index contributed by atoms with van der Waals surface area (Å²) in [5.41, 5.74) is 7.08. The van der Waals surface area contributed by atoms with Gasteiger partial charge in [0.1, 0.15) is 18.1 Å². The zero-order valence-corrected chi connectivity index (χ0v) is 24.9. The number of anilines is 1. The van der Waals surface area contributed by atoms with Gasteiger partial charge in [0.2, 0.25) is 0 Å². The molecule has 1 aliphatic rings. The van der Waals surface area contributed by atoms with E-state index in [1.807, 2.05) is 6.92 Å². The molecule has 0 aromatic heterocycles. The van der Waals surface area contributed by atoms with Crippen LogP contribution in [0.2, 0.25) is 0 Å². The first kappa shape index (κ1) is 34.2. The van der Waals surface area contributed by atoms with Gasteiger partial charge in [-0.2, -0.15) is 0 Å². The summed E-state index contributed by atoms with van der Waals surface area (Å²) < 4.78 is 27.2. The van der Waals surface area contributed by atoms with Gasteiger partial charge < -0.3 is 34.9 Å². The van der Waals surface area contributed by atoms with E-state index >= 15 is 0 Å². The summed E-state index contributed by atoms with van der Waals surface area (Å²) in [6, 6.07) is 4.48. The maximum absolute atomic E-state index is 12.9. The van der Waals surface area contributed by atoms with E-state index in [0.717, 1.165) is 0 Å². The summed E-state index contributed by atoms with van der Waals surface area (Å²) in [6.45, 7) is 6.99. The second-order valence-corrected chi connectivity index (χ2v) is 11.8. The predicted octanol–water partition coefficient (Wildman–Crippen LogP) is 3.64. The highest BCUT2D eigenvalue weighted by molar-refractivity contribution is 7.46. The number of nitrogens with two attached hydrogens (primary N) is 1. The number of phosphoric ester groups is 1. The first-order valence-corrected chi connectivity index (χ1v) is 14.8. The molecule has 0 aliphatic carbocycles. The Bertz CT molecular complexity index is 1190. The summed E-state index contributed by atoms with van der Waals surface area (Å²) in [5, 5.41) is 13.8. The maximum atomic E-state index is 12.9. The van der Waals surface area contributed by atoms with Gasteiger partial charge in [-0.05, 0) is 68.7 Å². The van der Waals surface area contributed by atoms with Crippen LogP contribution in [0, 0.1) is 17.8 Å². The van der Waals surface area contributed by atoms with Gasteiger partial charge in [-0.15, -0.1) is 0 Å². The number of carbonyl (C=O) groups excluding carboxylic acids is 3. The molecule has 1 heterocycles. The van der Waals surface area contributed by atoms with Crippen LogP contribution in [0.25, 0.3) is 0 Å². The van der Waals surface area contributed by atoms with Crippen LogP contribution in [0.15, 0.2) is 41.5 Å². The van der Waals surface area contributed by atoms with Crippen molar-refractivity contribution in [3.63, 3.8) is 0 Å². The number of ether oxygens (including phenoxy) is 2. The third-order valence-electron chi connectivity index (χ3n) is 6.98. The summed E-state index contributed by atoms with van der Waals surface area (Å²) in [7, 11) is -3.38. The topological polar surface area (TPSA) is 195 Å². The molecule has 41 heavy (non-hydrogen) atoms. The molecule has 1 aromatic rings. The number of allylic oxidation sites excluding steroid dienone is 1. The first-order valence-electron chi connectivity index (χ1n) is 13.3. The fraction of sp³-hybridized carbons (Fsp3) is 0.536. The maximum Gasteiger partial charge on any atom is 0.524 e. The molecule has 6 atom stereocenters. The number of hydrogen-bond donors (Lipinski definition) is 5. The highest BCUT2D eigenvalue weighted by Crippen LogP contribution is 2.39. The number of rotatable bonds is 5. The lowest BCUT2D eigenvalue weighted by atomic mass is 9.87. The van der Waals surface area contributed by atoms with E-state index in [9.17, 15) is 33.8 Å². The highest BCUT2D eigenvalue weighted by atomic mass is 31.2. The molecule has 1 aromatic carbocycles. The standard InChI is InChI=1S/C28H41N2O10P/c1-16-9-20-12-22(14-23(13-20)40-41(35,36)37)30-27(33)17(2)7-6-8-21(15-31)26(39-28(29)34)19(4)11-18(3)25(32)24(10-16)38-5/h7,11-16,18,21,24-26,32H,6,8-10H2,1-5H3,(H2,29,34)(H,30,33)(H2,35,36,37)/b17-7+,19-11+/t16-,18+,21-,24+,25-,26+/m1/s1. The van der Waals surface area contributed by atoms with E-state index in [4.69, 9.17) is 19.7 Å². The van der Waals surface area contributed by atoms with Crippen molar-refractivity contribution in [2.24, 2.45) is 23.5 Å². The Morgan fingerprint density at radius 2 is 1.88 bits per heavy atom. The van der Waals surface area contributed by atoms with Gasteiger partial charge in [-0.3, -0.25) is 14.6 Å². The van der Waals surface area contributed by atoms with Crippen molar-refractivity contribution in [2.75, 3.05) is 12.4 Å². The second-order valence-electron chi connectivity index (χ2n) is 10.6. The molecular weight excluding hydrogens is 555 g/mol. The largest absolute Gasteiger partial charge is 0.524 e. The van der Waals surface area contributed by atoms with Gasteiger partial charge in [0, 0.05) is 30.4 Å². The van der Waals surface area contributed by atoms with E-state index < -0.39 is 50.0 Å². The van der Waals surface area contributed by atoms with Crippen LogP contribution in [0.1, 0.15) is 52.5 Å². The van der Waals surface area contributed by atoms with E-state index in [1.54, 1.807) is 39.0 Å². The Kier molecular flexibility index (Phi) is 12.7. The highest BCUT2D eigenvalue weighted by Gasteiger charge is 2.30. The smallest absolute Gasteiger partial charge is 0.441 e. The van der Waals surface area contributed by atoms with Crippen molar-refractivity contribution in [2.45, 2.75) is 71.7 Å². The van der Waals surface area contributed by atoms with Crippen LogP contribution in [-0.2, 0) is 30.0 Å². The van der Waals surface area contributed by atoms with Crippen LogP contribution in [0.3, 0.4) is 0 Å². The summed E-state index contributed by atoms with van der Waals surface area (Å²) in [6.07, 6.45) is 1.85. The predicted molar refractivity (Wildman–Crippen MR) is 152 cm³/mol. The van der Waals surface area contributed by atoms with Crippen LogP contribution < -0.4 is 15.6 Å². The molecule has 2 bridgehead atoms. The van der Waals surface area contributed by atoms with Gasteiger partial charge in [0.25, 0.3) is 5.91 Å².